The number of phenols is 1. The van der Waals surface area contributed by atoms with Gasteiger partial charge in [-0.2, -0.15) is 0 Å². The highest BCUT2D eigenvalue weighted by atomic mass is 16.5. The van der Waals surface area contributed by atoms with Crippen molar-refractivity contribution in [1.29, 1.82) is 0 Å². The highest BCUT2D eigenvalue weighted by Crippen LogP contribution is 2.28. The number of fused-ring (bicyclic) bond motifs is 2. The van der Waals surface area contributed by atoms with Gasteiger partial charge in [-0.3, -0.25) is 4.98 Å². The molecule has 3 N–H and O–H groups in total. The molecule has 0 spiro atoms. The van der Waals surface area contributed by atoms with Crippen molar-refractivity contribution in [3.8, 4) is 5.75 Å². The van der Waals surface area contributed by atoms with E-state index in [-0.39, 0.29) is 11.8 Å². The number of aromatic hydroxyl groups is 1. The molecule has 6 aromatic heterocycles. The van der Waals surface area contributed by atoms with E-state index in [9.17, 15) is 5.11 Å². The second kappa shape index (κ2) is 20.1. The molecule has 0 fully saturated rings. The van der Waals surface area contributed by atoms with Gasteiger partial charge in [-0.05, 0) is 90.1 Å². The summed E-state index contributed by atoms with van der Waals surface area (Å²) in [5.41, 5.74) is 4.10. The smallest absolute Gasteiger partial charge is 0.174 e. The molecule has 2 atom stereocenters. The summed E-state index contributed by atoms with van der Waals surface area (Å²) in [5, 5.41) is 46.0. The summed E-state index contributed by atoms with van der Waals surface area (Å²) in [6.07, 6.45) is 13.6. The maximum atomic E-state index is 10.7. The van der Waals surface area contributed by atoms with E-state index < -0.39 is 6.04 Å². The minimum absolute atomic E-state index is 0.125. The van der Waals surface area contributed by atoms with Gasteiger partial charge in [0.25, 0.3) is 0 Å². The highest BCUT2D eigenvalue weighted by molar-refractivity contribution is 5.84. The van der Waals surface area contributed by atoms with Crippen LogP contribution in [-0.4, -0.2) is 120 Å². The summed E-state index contributed by atoms with van der Waals surface area (Å²) in [7, 11) is 3.79. The monoisotopic (exact) mass is 825 g/mol. The molecular weight excluding hydrogens is 775 g/mol. The van der Waals surface area contributed by atoms with E-state index in [0.717, 1.165) is 59.9 Å². The first-order valence-electron chi connectivity index (χ1n) is 20.6. The van der Waals surface area contributed by atoms with Crippen LogP contribution in [0.15, 0.2) is 98.1 Å². The van der Waals surface area contributed by atoms with Crippen molar-refractivity contribution in [2.45, 2.75) is 64.1 Å². The Kier molecular flexibility index (Phi) is 13.6. The third-order valence-corrected chi connectivity index (χ3v) is 10.6. The topological polar surface area (TPSA) is 205 Å². The van der Waals surface area contributed by atoms with Crippen LogP contribution in [0.2, 0.25) is 0 Å². The van der Waals surface area contributed by atoms with Crippen LogP contribution in [0.25, 0.3) is 21.8 Å². The van der Waals surface area contributed by atoms with Gasteiger partial charge in [0.1, 0.15) is 23.3 Å². The SMILES string of the molecule is COCCCn1nnnc1C(NCCCn1ccnc1)c1cc(CN(C)CCn2nnnc2C(NCCCn2ccnc2)c2ccc3cccc(O)c3n2)c2ccccc2n1. The maximum Gasteiger partial charge on any atom is 0.174 e. The summed E-state index contributed by atoms with van der Waals surface area (Å²) in [6, 6.07) is 19.0. The number of likely N-dealkylation sites (N-methyl/N-ethyl adjacent to an activating group) is 1. The van der Waals surface area contributed by atoms with Crippen LogP contribution in [0, 0.1) is 0 Å². The van der Waals surface area contributed by atoms with E-state index >= 15 is 0 Å². The molecule has 0 radical (unpaired) electrons. The number of nitrogens with one attached hydrogen (secondary N) is 2. The van der Waals surface area contributed by atoms with Crippen LogP contribution in [0.4, 0.5) is 0 Å². The molecule has 19 nitrogen and oxygen atoms in total. The minimum Gasteiger partial charge on any atom is -0.506 e. The predicted octanol–water partition coefficient (Wildman–Crippen LogP) is 3.56. The molecule has 0 bridgehead atoms. The summed E-state index contributed by atoms with van der Waals surface area (Å²) in [4.78, 5) is 20.7. The lowest BCUT2D eigenvalue weighted by atomic mass is 10.0. The van der Waals surface area contributed by atoms with Crippen molar-refractivity contribution in [3.05, 3.63) is 127 Å². The molecule has 316 valence electrons. The van der Waals surface area contributed by atoms with E-state index in [4.69, 9.17) is 14.7 Å². The van der Waals surface area contributed by atoms with Gasteiger partial charge in [-0.1, -0.05) is 36.4 Å². The number of hydrogen-bond acceptors (Lipinski definition) is 15. The Hall–Kier alpha value is -6.54. The van der Waals surface area contributed by atoms with Crippen molar-refractivity contribution < 1.29 is 9.84 Å². The molecule has 8 rings (SSSR count). The molecule has 8 aromatic rings. The number of para-hydroxylation sites is 2. The van der Waals surface area contributed by atoms with E-state index in [1.165, 1.54) is 0 Å². The van der Waals surface area contributed by atoms with Gasteiger partial charge in [0, 0.05) is 82.0 Å². The number of nitrogens with zero attached hydrogens (tertiary/aromatic N) is 15. The normalized spacial score (nSPS) is 12.8. The number of aryl methyl sites for hydroxylation is 3. The van der Waals surface area contributed by atoms with Gasteiger partial charge >= 0.3 is 0 Å². The number of rotatable bonds is 23. The molecule has 0 saturated heterocycles. The number of tetrazole rings is 2. The standard InChI is InChI=1S/C42H51N17O2/c1-55(24-25-59-41(49-52-54-59)39(45-15-6-19-56-22-17-43-29-56)35-14-13-31-9-5-12-37(60)38(31)48-35)28-32-27-36(47-34-11-4-3-10-33(32)34)40(46-16-7-20-57-23-18-44-30-57)42-50-51-53-58(42)21-8-26-61-2/h3-5,9-14,17-18,22-23,27,29-30,39-40,45-46,60H,6-8,15-16,19-21,24-26,28H2,1-2H3. The van der Waals surface area contributed by atoms with Gasteiger partial charge in [0.2, 0.25) is 0 Å². The quantitative estimate of drug-likeness (QED) is 0.0789. The number of methoxy groups -OCH3 is 1. The Balaban J connectivity index is 1.02. The zero-order chi connectivity index (χ0) is 41.8. The van der Waals surface area contributed by atoms with Gasteiger partial charge in [0.15, 0.2) is 11.6 Å². The molecule has 0 aliphatic rings. The van der Waals surface area contributed by atoms with E-state index in [0.29, 0.717) is 68.7 Å². The zero-order valence-electron chi connectivity index (χ0n) is 34.4. The molecule has 0 amide bonds. The molecule has 0 saturated carbocycles. The van der Waals surface area contributed by atoms with Crippen LogP contribution in [0.1, 0.15) is 59.9 Å². The fourth-order valence-corrected chi connectivity index (χ4v) is 7.52. The van der Waals surface area contributed by atoms with E-state index in [2.05, 4.69) is 86.4 Å². The number of ether oxygens (including phenoxy) is 1. The Bertz CT molecular complexity index is 2570. The molecule has 0 aliphatic heterocycles. The fourth-order valence-electron chi connectivity index (χ4n) is 7.52. The molecule has 0 aliphatic carbocycles. The Morgan fingerprint density at radius 3 is 2.11 bits per heavy atom. The van der Waals surface area contributed by atoms with Gasteiger partial charge in [-0.15, -0.1) is 10.2 Å². The predicted molar refractivity (Wildman–Crippen MR) is 227 cm³/mol. The lowest BCUT2D eigenvalue weighted by molar-refractivity contribution is 0.188. The van der Waals surface area contributed by atoms with Crippen LogP contribution in [-0.2, 0) is 37.5 Å². The van der Waals surface area contributed by atoms with Crippen molar-refractivity contribution in [2.75, 3.05) is 40.4 Å². The first-order valence-corrected chi connectivity index (χ1v) is 20.6. The second-order valence-electron chi connectivity index (χ2n) is 15.0. The fraction of sp³-hybridized carbons (Fsp3) is 0.381. The van der Waals surface area contributed by atoms with E-state index in [1.807, 2.05) is 75.4 Å². The third-order valence-electron chi connectivity index (χ3n) is 10.6. The van der Waals surface area contributed by atoms with Crippen LogP contribution in [0.5, 0.6) is 5.75 Å². The summed E-state index contributed by atoms with van der Waals surface area (Å²) in [5.74, 6) is 1.47. The Morgan fingerprint density at radius 1 is 0.738 bits per heavy atom. The zero-order valence-corrected chi connectivity index (χ0v) is 34.4. The van der Waals surface area contributed by atoms with E-state index in [1.54, 1.807) is 25.6 Å². The van der Waals surface area contributed by atoms with Gasteiger partial charge < -0.3 is 34.5 Å². The minimum atomic E-state index is -0.422. The number of aromatic nitrogens is 14. The third kappa shape index (κ3) is 10.3. The van der Waals surface area contributed by atoms with Crippen LogP contribution >= 0.6 is 0 Å². The maximum absolute atomic E-state index is 10.7. The molecule has 2 unspecified atom stereocenters. The lowest BCUT2D eigenvalue weighted by Crippen LogP contribution is -2.30. The number of benzene rings is 2. The highest BCUT2D eigenvalue weighted by Gasteiger charge is 2.25. The van der Waals surface area contributed by atoms with Crippen molar-refractivity contribution in [1.82, 2.24) is 85.0 Å². The van der Waals surface area contributed by atoms with Crippen LogP contribution in [0.3, 0.4) is 0 Å². The summed E-state index contributed by atoms with van der Waals surface area (Å²) in [6.45, 7) is 6.06. The van der Waals surface area contributed by atoms with Gasteiger partial charge in [0.05, 0.1) is 36.1 Å². The van der Waals surface area contributed by atoms with Gasteiger partial charge in [-0.25, -0.2) is 24.3 Å². The van der Waals surface area contributed by atoms with Crippen molar-refractivity contribution in [2.24, 2.45) is 0 Å². The summed E-state index contributed by atoms with van der Waals surface area (Å²) >= 11 is 0. The number of hydrogen-bond donors (Lipinski definition) is 3. The second-order valence-corrected chi connectivity index (χ2v) is 15.0. The molecule has 6 heterocycles. The first kappa shape index (κ1) is 41.2. The number of imidazole rings is 2. The molecule has 19 heteroatoms. The summed E-state index contributed by atoms with van der Waals surface area (Å²) < 4.78 is 13.1. The molecular formula is C42H51N17O2. The Morgan fingerprint density at radius 2 is 1.43 bits per heavy atom. The first-order chi connectivity index (χ1) is 30.0. The molecule has 2 aromatic carbocycles. The number of phenolic OH excluding ortho intramolecular Hbond substituents is 1. The van der Waals surface area contributed by atoms with Crippen LogP contribution < -0.4 is 10.6 Å². The largest absolute Gasteiger partial charge is 0.506 e. The number of pyridine rings is 2. The lowest BCUT2D eigenvalue weighted by Gasteiger charge is -2.22. The molecule has 61 heavy (non-hydrogen) atoms. The van der Waals surface area contributed by atoms with Crippen molar-refractivity contribution >= 4 is 21.8 Å². The van der Waals surface area contributed by atoms with Crippen molar-refractivity contribution in [3.63, 3.8) is 0 Å². The average molecular weight is 826 g/mol. The Labute approximate surface area is 352 Å². The average Bonchev–Trinajstić information content (AvgIpc) is 4.13.